The quantitative estimate of drug-likeness (QED) is 0.678. The van der Waals surface area contributed by atoms with Gasteiger partial charge >= 0.3 is 0 Å². The zero-order valence-electron chi connectivity index (χ0n) is 11.4. The Bertz CT molecular complexity index is 578. The molecule has 1 aliphatic carbocycles. The van der Waals surface area contributed by atoms with Crippen molar-refractivity contribution < 1.29 is 9.84 Å². The van der Waals surface area contributed by atoms with Gasteiger partial charge in [-0.3, -0.25) is 0 Å². The highest BCUT2D eigenvalue weighted by Crippen LogP contribution is 2.35. The Morgan fingerprint density at radius 1 is 1.30 bits per heavy atom. The highest BCUT2D eigenvalue weighted by Gasteiger charge is 2.28. The van der Waals surface area contributed by atoms with Crippen LogP contribution in [0.4, 0.5) is 0 Å². The van der Waals surface area contributed by atoms with Crippen molar-refractivity contribution in [2.75, 3.05) is 13.7 Å². The Morgan fingerprint density at radius 3 is 2.70 bits per heavy atom. The van der Waals surface area contributed by atoms with E-state index in [2.05, 4.69) is 27.8 Å². The molecule has 1 aromatic carbocycles. The van der Waals surface area contributed by atoms with Gasteiger partial charge in [-0.05, 0) is 46.1 Å². The molecule has 0 aromatic heterocycles. The van der Waals surface area contributed by atoms with Crippen LogP contribution in [-0.2, 0) is 4.74 Å². The molecular formula is C17H17BrO2. The highest BCUT2D eigenvalue weighted by atomic mass is 79.9. The van der Waals surface area contributed by atoms with Crippen molar-refractivity contribution in [3.05, 3.63) is 59.2 Å². The van der Waals surface area contributed by atoms with E-state index in [0.29, 0.717) is 12.8 Å². The molecule has 0 radical (unpaired) electrons. The SMILES string of the molecule is COC1(Br)C=CC(CCO)=C(C#Cc2ccccc2)C1. The van der Waals surface area contributed by atoms with Gasteiger partial charge in [-0.2, -0.15) is 0 Å². The van der Waals surface area contributed by atoms with Gasteiger partial charge in [0.2, 0.25) is 0 Å². The maximum atomic E-state index is 9.15. The lowest BCUT2D eigenvalue weighted by molar-refractivity contribution is 0.117. The number of benzene rings is 1. The van der Waals surface area contributed by atoms with Crippen molar-refractivity contribution in [3.63, 3.8) is 0 Å². The standard InChI is InChI=1S/C17H17BrO2/c1-20-17(18)11-9-15(10-12-19)16(13-17)8-7-14-5-3-2-4-6-14/h2-6,9,11,19H,10,12-13H2,1H3. The summed E-state index contributed by atoms with van der Waals surface area (Å²) in [6, 6.07) is 9.88. The Morgan fingerprint density at radius 2 is 2.05 bits per heavy atom. The molecule has 1 atom stereocenters. The molecule has 0 amide bonds. The average molecular weight is 333 g/mol. The van der Waals surface area contributed by atoms with E-state index >= 15 is 0 Å². The Balaban J connectivity index is 2.29. The largest absolute Gasteiger partial charge is 0.396 e. The van der Waals surface area contributed by atoms with Gasteiger partial charge in [-0.1, -0.05) is 36.1 Å². The first-order valence-electron chi connectivity index (χ1n) is 6.50. The van der Waals surface area contributed by atoms with Crippen molar-refractivity contribution in [2.24, 2.45) is 0 Å². The molecule has 2 nitrogen and oxygen atoms in total. The molecule has 0 aliphatic heterocycles. The predicted molar refractivity (Wildman–Crippen MR) is 84.5 cm³/mol. The second-order valence-electron chi connectivity index (χ2n) is 4.59. The van der Waals surface area contributed by atoms with E-state index in [1.54, 1.807) is 7.11 Å². The molecular weight excluding hydrogens is 316 g/mol. The third-order valence-electron chi connectivity index (χ3n) is 3.19. The van der Waals surface area contributed by atoms with Crippen molar-refractivity contribution >= 4 is 15.9 Å². The molecule has 0 bridgehead atoms. The first kappa shape index (κ1) is 15.1. The number of allylic oxidation sites excluding steroid dienone is 1. The number of methoxy groups -OCH3 is 1. The van der Waals surface area contributed by atoms with Crippen LogP contribution in [0.2, 0.25) is 0 Å². The molecule has 0 spiro atoms. The third kappa shape index (κ3) is 3.83. The lowest BCUT2D eigenvalue weighted by atomic mass is 9.94. The molecule has 1 unspecified atom stereocenters. The minimum absolute atomic E-state index is 0.123. The molecule has 104 valence electrons. The molecule has 20 heavy (non-hydrogen) atoms. The molecule has 1 N–H and O–H groups in total. The topological polar surface area (TPSA) is 29.5 Å². The number of hydrogen-bond acceptors (Lipinski definition) is 2. The zero-order valence-corrected chi connectivity index (χ0v) is 13.0. The van der Waals surface area contributed by atoms with Crippen LogP contribution in [0, 0.1) is 11.8 Å². The maximum absolute atomic E-state index is 9.15. The van der Waals surface area contributed by atoms with Crippen LogP contribution < -0.4 is 0 Å². The minimum atomic E-state index is -0.493. The second kappa shape index (κ2) is 6.90. The molecule has 1 aliphatic rings. The number of aliphatic hydroxyl groups is 1. The van der Waals surface area contributed by atoms with Crippen LogP contribution in [-0.4, -0.2) is 23.3 Å². The molecule has 2 rings (SSSR count). The second-order valence-corrected chi connectivity index (χ2v) is 5.94. The summed E-state index contributed by atoms with van der Waals surface area (Å²) in [5.74, 6) is 6.38. The summed E-state index contributed by atoms with van der Waals surface area (Å²) in [5, 5.41) is 9.15. The van der Waals surface area contributed by atoms with Gasteiger partial charge in [0.25, 0.3) is 0 Å². The van der Waals surface area contributed by atoms with E-state index in [1.165, 1.54) is 0 Å². The average Bonchev–Trinajstić information content (AvgIpc) is 2.49. The van der Waals surface area contributed by atoms with E-state index in [4.69, 9.17) is 9.84 Å². The van der Waals surface area contributed by atoms with Gasteiger partial charge < -0.3 is 9.84 Å². The molecule has 0 fully saturated rings. The minimum Gasteiger partial charge on any atom is -0.396 e. The number of alkyl halides is 1. The summed E-state index contributed by atoms with van der Waals surface area (Å²) in [6.45, 7) is 0.123. The van der Waals surface area contributed by atoms with Gasteiger partial charge in [0, 0.05) is 31.3 Å². The summed E-state index contributed by atoms with van der Waals surface area (Å²) in [4.78, 5) is 0. The first-order chi connectivity index (χ1) is 9.67. The summed E-state index contributed by atoms with van der Waals surface area (Å²) in [5.41, 5.74) is 3.06. The van der Waals surface area contributed by atoms with Crippen molar-refractivity contribution in [2.45, 2.75) is 17.4 Å². The fourth-order valence-corrected chi connectivity index (χ4v) is 2.44. The van der Waals surface area contributed by atoms with Crippen LogP contribution >= 0.6 is 15.9 Å². The lowest BCUT2D eigenvalue weighted by Crippen LogP contribution is -2.23. The van der Waals surface area contributed by atoms with Gasteiger partial charge in [0.1, 0.15) is 4.51 Å². The van der Waals surface area contributed by atoms with Gasteiger partial charge in [0.15, 0.2) is 0 Å². The van der Waals surface area contributed by atoms with Crippen LogP contribution in [0.15, 0.2) is 53.6 Å². The van der Waals surface area contributed by atoms with Crippen LogP contribution in [0.25, 0.3) is 0 Å². The van der Waals surface area contributed by atoms with Gasteiger partial charge in [0.05, 0.1) is 0 Å². The predicted octanol–water partition coefficient (Wildman–Crippen LogP) is 3.41. The van der Waals surface area contributed by atoms with E-state index in [0.717, 1.165) is 16.7 Å². The van der Waals surface area contributed by atoms with E-state index in [-0.39, 0.29) is 6.61 Å². The Labute approximate surface area is 128 Å². The molecule has 0 saturated heterocycles. The lowest BCUT2D eigenvalue weighted by Gasteiger charge is -2.26. The van der Waals surface area contributed by atoms with E-state index in [9.17, 15) is 0 Å². The van der Waals surface area contributed by atoms with E-state index in [1.807, 2.05) is 42.5 Å². The highest BCUT2D eigenvalue weighted by molar-refractivity contribution is 9.10. The number of hydrogen-bond donors (Lipinski definition) is 1. The van der Waals surface area contributed by atoms with Crippen LogP contribution in [0.3, 0.4) is 0 Å². The van der Waals surface area contributed by atoms with Gasteiger partial charge in [-0.15, -0.1) is 0 Å². The Hall–Kier alpha value is -1.34. The zero-order chi connectivity index (χ0) is 14.4. The number of ether oxygens (including phenoxy) is 1. The summed E-state index contributed by atoms with van der Waals surface area (Å²) < 4.78 is 4.96. The molecule has 3 heteroatoms. The first-order valence-corrected chi connectivity index (χ1v) is 7.29. The monoisotopic (exact) mass is 332 g/mol. The summed E-state index contributed by atoms with van der Waals surface area (Å²) >= 11 is 3.57. The fraction of sp³-hybridized carbons (Fsp3) is 0.294. The fourth-order valence-electron chi connectivity index (χ4n) is 2.03. The molecule has 0 saturated carbocycles. The number of aliphatic hydroxyl groups excluding tert-OH is 1. The van der Waals surface area contributed by atoms with Crippen molar-refractivity contribution in [1.82, 2.24) is 0 Å². The molecule has 0 heterocycles. The van der Waals surface area contributed by atoms with E-state index < -0.39 is 4.51 Å². The van der Waals surface area contributed by atoms with Gasteiger partial charge in [-0.25, -0.2) is 0 Å². The summed E-state index contributed by atoms with van der Waals surface area (Å²) in [6.07, 6.45) is 5.22. The van der Waals surface area contributed by atoms with Crippen molar-refractivity contribution in [1.29, 1.82) is 0 Å². The number of rotatable bonds is 3. The van der Waals surface area contributed by atoms with Crippen molar-refractivity contribution in [3.8, 4) is 11.8 Å². The molecule has 1 aromatic rings. The smallest absolute Gasteiger partial charge is 0.145 e. The summed E-state index contributed by atoms with van der Waals surface area (Å²) in [7, 11) is 1.67. The van der Waals surface area contributed by atoms with Crippen LogP contribution in [0.1, 0.15) is 18.4 Å². The third-order valence-corrected chi connectivity index (χ3v) is 4.06. The Kier molecular flexibility index (Phi) is 5.19. The normalized spacial score (nSPS) is 21.6. The van der Waals surface area contributed by atoms with Crippen LogP contribution in [0.5, 0.6) is 0 Å². The maximum Gasteiger partial charge on any atom is 0.145 e. The number of halogens is 1.